The van der Waals surface area contributed by atoms with Crippen LogP contribution in [0.1, 0.15) is 38.9 Å². The fourth-order valence-corrected chi connectivity index (χ4v) is 4.05. The van der Waals surface area contributed by atoms with Crippen molar-refractivity contribution in [3.05, 3.63) is 72.4 Å². The Morgan fingerprint density at radius 1 is 1.32 bits per heavy atom. The molecule has 1 aliphatic carbocycles. The molecule has 5 nitrogen and oxygen atoms in total. The first-order chi connectivity index (χ1) is 12.0. The number of hydrogen-bond acceptors (Lipinski definition) is 5. The third kappa shape index (κ3) is 3.17. The lowest BCUT2D eigenvalue weighted by molar-refractivity contribution is 0.451. The molecule has 6 heteroatoms. The molecule has 0 bridgehead atoms. The number of nitrogens with zero attached hydrogens (tertiary/aromatic N) is 1. The summed E-state index contributed by atoms with van der Waals surface area (Å²) < 4.78 is 5.51. The van der Waals surface area contributed by atoms with Crippen molar-refractivity contribution in [1.82, 2.24) is 9.97 Å². The third-order valence-electron chi connectivity index (χ3n) is 4.45. The van der Waals surface area contributed by atoms with Gasteiger partial charge in [-0.3, -0.25) is 9.78 Å². The first-order valence-electron chi connectivity index (χ1n) is 8.13. The van der Waals surface area contributed by atoms with E-state index in [0.717, 1.165) is 41.2 Å². The van der Waals surface area contributed by atoms with Crippen LogP contribution in [-0.2, 0) is 19.3 Å². The number of aryl methyl sites for hydroxylation is 2. The van der Waals surface area contributed by atoms with Crippen molar-refractivity contribution in [2.75, 3.05) is 0 Å². The smallest absolute Gasteiger partial charge is 0.307 e. The molecule has 25 heavy (non-hydrogen) atoms. The second-order valence-corrected chi connectivity index (χ2v) is 7.46. The highest BCUT2D eigenvalue weighted by molar-refractivity contribution is 7.09. The predicted octanol–water partition coefficient (Wildman–Crippen LogP) is 3.52. The van der Waals surface area contributed by atoms with E-state index in [9.17, 15) is 9.90 Å². The van der Waals surface area contributed by atoms with Gasteiger partial charge >= 0.3 is 4.87 Å². The quantitative estimate of drug-likeness (QED) is 0.751. The number of oxazole rings is 1. The van der Waals surface area contributed by atoms with Gasteiger partial charge < -0.3 is 9.52 Å². The number of aromatic nitrogens is 2. The Morgan fingerprint density at radius 3 is 2.84 bits per heavy atom. The lowest BCUT2D eigenvalue weighted by atomic mass is 10.0. The number of aromatic amines is 1. The zero-order valence-corrected chi connectivity index (χ0v) is 14.9. The van der Waals surface area contributed by atoms with Crippen molar-refractivity contribution in [3.63, 3.8) is 0 Å². The number of hydrogen-bond donors (Lipinski definition) is 2. The van der Waals surface area contributed by atoms with Gasteiger partial charge in [0.2, 0.25) is 5.88 Å². The average molecular weight is 354 g/mol. The second kappa shape index (κ2) is 6.04. The Labute approximate surface area is 148 Å². The number of fused-ring (bicyclic) bond motifs is 1. The molecular weight excluding hydrogens is 336 g/mol. The van der Waals surface area contributed by atoms with Crippen molar-refractivity contribution >= 4 is 17.4 Å². The number of allylic oxidation sites excluding steroid dienone is 1. The number of thiazole rings is 1. The molecule has 3 aromatic rings. The summed E-state index contributed by atoms with van der Waals surface area (Å²) in [5.41, 5.74) is 5.89. The molecular formula is C19H18N2O3S. The van der Waals surface area contributed by atoms with Crippen LogP contribution in [0.4, 0.5) is 0 Å². The average Bonchev–Trinajstić information content (AvgIpc) is 3.17. The van der Waals surface area contributed by atoms with Crippen LogP contribution in [0.15, 0.2) is 33.0 Å². The normalized spacial score (nSPS) is 13.1. The SMILES string of the molecule is Cc1nc(CC2=Cc3cc(Cc4sc(=O)[nH]c4O)ccc3C2)c(C)o1. The van der Waals surface area contributed by atoms with E-state index in [1.807, 2.05) is 13.8 Å². The maximum absolute atomic E-state index is 11.3. The zero-order chi connectivity index (χ0) is 17.6. The summed E-state index contributed by atoms with van der Waals surface area (Å²) in [6.45, 7) is 3.82. The van der Waals surface area contributed by atoms with Crippen LogP contribution in [0, 0.1) is 13.8 Å². The molecule has 4 rings (SSSR count). The molecule has 128 valence electrons. The van der Waals surface area contributed by atoms with Crippen LogP contribution in [0.5, 0.6) is 5.88 Å². The van der Waals surface area contributed by atoms with Crippen LogP contribution in [0.2, 0.25) is 0 Å². The minimum Gasteiger partial charge on any atom is -0.494 e. The number of rotatable bonds is 4. The first kappa shape index (κ1) is 15.9. The minimum atomic E-state index is -0.228. The van der Waals surface area contributed by atoms with E-state index in [2.05, 4.69) is 34.2 Å². The van der Waals surface area contributed by atoms with Crippen molar-refractivity contribution in [2.45, 2.75) is 33.1 Å². The van der Waals surface area contributed by atoms with Gasteiger partial charge in [0.1, 0.15) is 5.76 Å². The van der Waals surface area contributed by atoms with Crippen molar-refractivity contribution in [1.29, 1.82) is 0 Å². The number of H-pyrrole nitrogens is 1. The summed E-state index contributed by atoms with van der Waals surface area (Å²) in [5, 5.41) is 9.75. The van der Waals surface area contributed by atoms with Crippen LogP contribution in [0.3, 0.4) is 0 Å². The van der Waals surface area contributed by atoms with Gasteiger partial charge in [-0.2, -0.15) is 0 Å². The summed E-state index contributed by atoms with van der Waals surface area (Å²) >= 11 is 1.05. The standard InChI is InChI=1S/C19H18N2O3S/c1-10-16(20-11(2)24-10)8-13-6-14-4-3-12(5-15(14)7-13)9-17-18(22)21-19(23)25-17/h3-5,7,22H,6,8-9H2,1-2H3,(H,21,23). The molecule has 0 fully saturated rings. The Kier molecular flexibility index (Phi) is 3.84. The Hall–Kier alpha value is -2.60. The largest absolute Gasteiger partial charge is 0.494 e. The lowest BCUT2D eigenvalue weighted by Gasteiger charge is -2.03. The van der Waals surface area contributed by atoms with E-state index < -0.39 is 0 Å². The van der Waals surface area contributed by atoms with Crippen molar-refractivity contribution in [3.8, 4) is 5.88 Å². The topological polar surface area (TPSA) is 79.1 Å². The Morgan fingerprint density at radius 2 is 2.16 bits per heavy atom. The molecule has 0 saturated heterocycles. The highest BCUT2D eigenvalue weighted by atomic mass is 32.1. The maximum atomic E-state index is 11.3. The third-order valence-corrected chi connectivity index (χ3v) is 5.32. The van der Waals surface area contributed by atoms with E-state index >= 15 is 0 Å². The second-order valence-electron chi connectivity index (χ2n) is 6.39. The molecule has 2 heterocycles. The fourth-order valence-electron chi connectivity index (χ4n) is 3.29. The lowest BCUT2D eigenvalue weighted by Crippen LogP contribution is -1.93. The van der Waals surface area contributed by atoms with Gasteiger partial charge in [-0.05, 0) is 30.0 Å². The monoisotopic (exact) mass is 354 g/mol. The van der Waals surface area contributed by atoms with Gasteiger partial charge in [-0.1, -0.05) is 41.2 Å². The molecule has 0 saturated carbocycles. The Bertz CT molecular complexity index is 1040. The van der Waals surface area contributed by atoms with E-state index in [1.54, 1.807) is 0 Å². The van der Waals surface area contributed by atoms with Crippen LogP contribution < -0.4 is 4.87 Å². The zero-order valence-electron chi connectivity index (χ0n) is 14.0. The number of aromatic hydroxyl groups is 1. The molecule has 0 amide bonds. The Balaban J connectivity index is 1.55. The molecule has 1 aromatic carbocycles. The van der Waals surface area contributed by atoms with Crippen molar-refractivity contribution in [2.24, 2.45) is 0 Å². The first-order valence-corrected chi connectivity index (χ1v) is 8.94. The van der Waals surface area contributed by atoms with Crippen LogP contribution >= 0.6 is 11.3 Å². The van der Waals surface area contributed by atoms with E-state index in [1.165, 1.54) is 16.7 Å². The molecule has 2 N–H and O–H groups in total. The van der Waals surface area contributed by atoms with Gasteiger partial charge in [-0.25, -0.2) is 4.98 Å². The number of nitrogens with one attached hydrogen (secondary N) is 1. The van der Waals surface area contributed by atoms with E-state index in [0.29, 0.717) is 17.2 Å². The summed E-state index contributed by atoms with van der Waals surface area (Å²) in [7, 11) is 0. The molecule has 0 spiro atoms. The van der Waals surface area contributed by atoms with Gasteiger partial charge in [0.25, 0.3) is 0 Å². The highest BCUT2D eigenvalue weighted by Gasteiger charge is 2.17. The van der Waals surface area contributed by atoms with E-state index in [4.69, 9.17) is 4.42 Å². The minimum absolute atomic E-state index is 0.0244. The molecule has 0 radical (unpaired) electrons. The highest BCUT2D eigenvalue weighted by Crippen LogP contribution is 2.30. The van der Waals surface area contributed by atoms with Crippen molar-refractivity contribution < 1.29 is 9.52 Å². The summed E-state index contributed by atoms with van der Waals surface area (Å²) in [6.07, 6.45) is 4.48. The summed E-state index contributed by atoms with van der Waals surface area (Å²) in [6, 6.07) is 6.32. The maximum Gasteiger partial charge on any atom is 0.307 e. The fraction of sp³-hybridized carbons (Fsp3) is 0.263. The summed E-state index contributed by atoms with van der Waals surface area (Å²) in [4.78, 5) is 18.6. The molecule has 2 aromatic heterocycles. The molecule has 0 unspecified atom stereocenters. The van der Waals surface area contributed by atoms with Crippen LogP contribution in [-0.4, -0.2) is 15.1 Å². The van der Waals surface area contributed by atoms with Gasteiger partial charge in [0.05, 0.1) is 10.6 Å². The van der Waals surface area contributed by atoms with Gasteiger partial charge in [-0.15, -0.1) is 0 Å². The van der Waals surface area contributed by atoms with Gasteiger partial charge in [0.15, 0.2) is 5.89 Å². The molecule has 1 aliphatic rings. The summed E-state index contributed by atoms with van der Waals surface area (Å²) in [5.74, 6) is 1.56. The van der Waals surface area contributed by atoms with E-state index in [-0.39, 0.29) is 10.8 Å². The number of benzene rings is 1. The van der Waals surface area contributed by atoms with Gasteiger partial charge in [0, 0.05) is 19.8 Å². The molecule has 0 atom stereocenters. The predicted molar refractivity (Wildman–Crippen MR) is 97.2 cm³/mol. The molecule has 0 aliphatic heterocycles. The van der Waals surface area contributed by atoms with Crippen LogP contribution in [0.25, 0.3) is 6.08 Å².